The molecule has 0 atom stereocenters. The van der Waals surface area contributed by atoms with E-state index in [1.807, 2.05) is 0 Å². The summed E-state index contributed by atoms with van der Waals surface area (Å²) in [6.45, 7) is 0. The SMILES string of the molecule is O=S(=O)(O)c1c(F)cccc1/C=C/c1c(F)c(F)c(F)c(F)c1F. The fourth-order valence-electron chi connectivity index (χ4n) is 1.87. The Morgan fingerprint density at radius 2 is 1.29 bits per heavy atom. The molecule has 0 spiro atoms. The van der Waals surface area contributed by atoms with Crippen LogP contribution < -0.4 is 0 Å². The maximum absolute atomic E-state index is 13.5. The molecule has 0 aliphatic carbocycles. The van der Waals surface area contributed by atoms with E-state index >= 15 is 0 Å². The zero-order valence-corrected chi connectivity index (χ0v) is 12.1. The van der Waals surface area contributed by atoms with Crippen molar-refractivity contribution in [3.05, 3.63) is 64.2 Å². The van der Waals surface area contributed by atoms with Crippen molar-refractivity contribution in [1.82, 2.24) is 0 Å². The number of hydrogen-bond donors (Lipinski definition) is 1. The summed E-state index contributed by atoms with van der Waals surface area (Å²) in [5.41, 5.74) is -1.90. The second kappa shape index (κ2) is 6.29. The van der Waals surface area contributed by atoms with E-state index in [-0.39, 0.29) is 0 Å². The fourth-order valence-corrected chi connectivity index (χ4v) is 2.62. The summed E-state index contributed by atoms with van der Waals surface area (Å²) < 4.78 is 111. The highest BCUT2D eigenvalue weighted by Gasteiger charge is 2.25. The second-order valence-corrected chi connectivity index (χ2v) is 5.81. The van der Waals surface area contributed by atoms with Crippen LogP contribution in [0, 0.1) is 34.9 Å². The van der Waals surface area contributed by atoms with E-state index in [0.29, 0.717) is 18.2 Å². The third-order valence-electron chi connectivity index (χ3n) is 2.93. The molecule has 0 fully saturated rings. The molecule has 0 aliphatic heterocycles. The number of rotatable bonds is 3. The third-order valence-corrected chi connectivity index (χ3v) is 3.88. The smallest absolute Gasteiger partial charge is 0.282 e. The van der Waals surface area contributed by atoms with Crippen LogP contribution in [0.3, 0.4) is 0 Å². The molecule has 1 N–H and O–H groups in total. The van der Waals surface area contributed by atoms with Crippen molar-refractivity contribution >= 4 is 22.3 Å². The van der Waals surface area contributed by atoms with Crippen molar-refractivity contribution in [2.45, 2.75) is 4.90 Å². The Labute approximate surface area is 131 Å². The summed E-state index contributed by atoms with van der Waals surface area (Å²) in [6, 6.07) is 2.66. The summed E-state index contributed by atoms with van der Waals surface area (Å²) in [5.74, 6) is -12.4. The Hall–Kier alpha value is -2.33. The lowest BCUT2D eigenvalue weighted by Crippen LogP contribution is -2.05. The Bertz CT molecular complexity index is 924. The van der Waals surface area contributed by atoms with Gasteiger partial charge in [0.25, 0.3) is 10.1 Å². The van der Waals surface area contributed by atoms with Gasteiger partial charge in [0.15, 0.2) is 23.3 Å². The standard InChI is InChI=1S/C14H6F6O3S/c15-8-3-1-2-6(14(8)24(21,22)23)4-5-7-9(16)11(18)13(20)12(19)10(7)17/h1-5H,(H,21,22,23)/b5-4+. The van der Waals surface area contributed by atoms with Gasteiger partial charge in [-0.05, 0) is 17.7 Å². The van der Waals surface area contributed by atoms with Crippen LogP contribution in [0.1, 0.15) is 11.1 Å². The summed E-state index contributed by atoms with van der Waals surface area (Å²) in [6.07, 6.45) is 0.962. The van der Waals surface area contributed by atoms with E-state index in [0.717, 1.165) is 12.1 Å². The lowest BCUT2D eigenvalue weighted by molar-refractivity contribution is 0.377. The first-order chi connectivity index (χ1) is 11.1. The number of halogens is 6. The lowest BCUT2D eigenvalue weighted by Gasteiger charge is -2.06. The van der Waals surface area contributed by atoms with E-state index in [4.69, 9.17) is 4.55 Å². The molecular formula is C14H6F6O3S. The van der Waals surface area contributed by atoms with Gasteiger partial charge in [0.2, 0.25) is 5.82 Å². The predicted molar refractivity (Wildman–Crippen MR) is 71.4 cm³/mol. The van der Waals surface area contributed by atoms with Crippen LogP contribution in [0.15, 0.2) is 23.1 Å². The van der Waals surface area contributed by atoms with Gasteiger partial charge >= 0.3 is 0 Å². The molecule has 0 radical (unpaired) electrons. The summed E-state index contributed by atoms with van der Waals surface area (Å²) in [5, 5.41) is 0. The van der Waals surface area contributed by atoms with Gasteiger partial charge in [0.05, 0.1) is 5.56 Å². The van der Waals surface area contributed by atoms with Crippen LogP contribution in [-0.4, -0.2) is 13.0 Å². The Morgan fingerprint density at radius 1 is 0.792 bits per heavy atom. The van der Waals surface area contributed by atoms with Crippen molar-refractivity contribution in [1.29, 1.82) is 0 Å². The third kappa shape index (κ3) is 3.15. The van der Waals surface area contributed by atoms with Crippen LogP contribution in [0.4, 0.5) is 26.3 Å². The molecule has 2 aromatic carbocycles. The van der Waals surface area contributed by atoms with Crippen molar-refractivity contribution < 1.29 is 39.3 Å². The van der Waals surface area contributed by atoms with E-state index in [1.165, 1.54) is 0 Å². The van der Waals surface area contributed by atoms with Gasteiger partial charge in [-0.3, -0.25) is 4.55 Å². The van der Waals surface area contributed by atoms with E-state index < -0.39 is 61.0 Å². The van der Waals surface area contributed by atoms with Gasteiger partial charge in [-0.15, -0.1) is 0 Å². The second-order valence-electron chi connectivity index (χ2n) is 4.45. The molecule has 0 amide bonds. The minimum absolute atomic E-state index is 0.375. The fraction of sp³-hybridized carbons (Fsp3) is 0. The molecule has 3 nitrogen and oxygen atoms in total. The van der Waals surface area contributed by atoms with Gasteiger partial charge in [-0.1, -0.05) is 18.2 Å². The monoisotopic (exact) mass is 368 g/mol. The summed E-state index contributed by atoms with van der Waals surface area (Å²) in [4.78, 5) is -1.20. The van der Waals surface area contributed by atoms with E-state index in [9.17, 15) is 34.8 Å². The molecule has 0 unspecified atom stereocenters. The molecule has 0 aromatic heterocycles. The lowest BCUT2D eigenvalue weighted by atomic mass is 10.1. The minimum Gasteiger partial charge on any atom is -0.282 e. The minimum atomic E-state index is -5.03. The molecule has 2 rings (SSSR count). The Morgan fingerprint density at radius 3 is 1.79 bits per heavy atom. The van der Waals surface area contributed by atoms with Crippen LogP contribution in [-0.2, 0) is 10.1 Å². The highest BCUT2D eigenvalue weighted by molar-refractivity contribution is 7.86. The zero-order chi connectivity index (χ0) is 18.2. The normalized spacial score (nSPS) is 12.1. The van der Waals surface area contributed by atoms with Gasteiger partial charge < -0.3 is 0 Å². The topological polar surface area (TPSA) is 54.4 Å². The maximum atomic E-state index is 13.5. The van der Waals surface area contributed by atoms with E-state index in [1.54, 1.807) is 0 Å². The first kappa shape index (κ1) is 18.0. The molecule has 2 aromatic rings. The molecule has 0 heterocycles. The molecule has 0 aliphatic rings. The van der Waals surface area contributed by atoms with Crippen molar-refractivity contribution in [2.24, 2.45) is 0 Å². The predicted octanol–water partition coefficient (Wildman–Crippen LogP) is 3.94. The average Bonchev–Trinajstić information content (AvgIpc) is 2.49. The Kier molecular flexibility index (Phi) is 4.72. The zero-order valence-electron chi connectivity index (χ0n) is 11.3. The number of benzene rings is 2. The molecule has 128 valence electrons. The molecule has 10 heteroatoms. The summed E-state index contributed by atoms with van der Waals surface area (Å²) in [7, 11) is -5.03. The van der Waals surface area contributed by atoms with Crippen molar-refractivity contribution in [2.75, 3.05) is 0 Å². The largest absolute Gasteiger partial charge is 0.298 e. The maximum Gasteiger partial charge on any atom is 0.298 e. The van der Waals surface area contributed by atoms with E-state index in [2.05, 4.69) is 0 Å². The highest BCUT2D eigenvalue weighted by atomic mass is 32.2. The molecule has 24 heavy (non-hydrogen) atoms. The summed E-state index contributed by atoms with van der Waals surface area (Å²) >= 11 is 0. The van der Waals surface area contributed by atoms with Gasteiger partial charge in [0, 0.05) is 0 Å². The van der Waals surface area contributed by atoms with Gasteiger partial charge in [0.1, 0.15) is 10.7 Å². The Balaban J connectivity index is 2.66. The van der Waals surface area contributed by atoms with Crippen LogP contribution in [0.25, 0.3) is 12.2 Å². The van der Waals surface area contributed by atoms with Crippen molar-refractivity contribution in [3.63, 3.8) is 0 Å². The molecule has 0 saturated heterocycles. The van der Waals surface area contributed by atoms with Crippen molar-refractivity contribution in [3.8, 4) is 0 Å². The number of hydrogen-bond acceptors (Lipinski definition) is 2. The van der Waals surface area contributed by atoms with Crippen LogP contribution in [0.2, 0.25) is 0 Å². The van der Waals surface area contributed by atoms with Crippen LogP contribution in [0.5, 0.6) is 0 Å². The average molecular weight is 368 g/mol. The highest BCUT2D eigenvalue weighted by Crippen LogP contribution is 2.26. The molecule has 0 bridgehead atoms. The first-order valence-corrected chi connectivity index (χ1v) is 7.45. The quantitative estimate of drug-likeness (QED) is 0.294. The van der Waals surface area contributed by atoms with Gasteiger partial charge in [-0.2, -0.15) is 8.42 Å². The van der Waals surface area contributed by atoms with Crippen LogP contribution >= 0.6 is 0 Å². The van der Waals surface area contributed by atoms with Gasteiger partial charge in [-0.25, -0.2) is 26.3 Å². The molecular weight excluding hydrogens is 362 g/mol. The molecule has 0 saturated carbocycles. The first-order valence-electron chi connectivity index (χ1n) is 6.01.